The number of allylic oxidation sites excluding steroid dienone is 1. The molecular formula is C16H26O7. The molecule has 0 amide bonds. The number of aliphatic hydroxyl groups is 4. The van der Waals surface area contributed by atoms with Crippen LogP contribution >= 0.6 is 0 Å². The van der Waals surface area contributed by atoms with Gasteiger partial charge < -0.3 is 34.6 Å². The maximum atomic E-state index is 10.2. The predicted molar refractivity (Wildman–Crippen MR) is 78.9 cm³/mol. The Morgan fingerprint density at radius 3 is 2.70 bits per heavy atom. The molecular weight excluding hydrogens is 304 g/mol. The lowest BCUT2D eigenvalue weighted by molar-refractivity contribution is -0.359. The lowest BCUT2D eigenvalue weighted by Crippen LogP contribution is -2.66. The summed E-state index contributed by atoms with van der Waals surface area (Å²) in [4.78, 5) is 0. The summed E-state index contributed by atoms with van der Waals surface area (Å²) < 4.78 is 16.8. The highest BCUT2D eigenvalue weighted by atomic mass is 16.8. The minimum Gasteiger partial charge on any atom is -0.472 e. The van der Waals surface area contributed by atoms with E-state index in [0.717, 1.165) is 12.8 Å². The summed E-state index contributed by atoms with van der Waals surface area (Å²) in [7, 11) is 0. The van der Waals surface area contributed by atoms with Crippen molar-refractivity contribution in [1.29, 1.82) is 0 Å². The molecule has 0 spiro atoms. The highest BCUT2D eigenvalue weighted by Gasteiger charge is 2.53. The molecule has 3 aliphatic rings. The van der Waals surface area contributed by atoms with Gasteiger partial charge in [0.05, 0.1) is 12.9 Å². The van der Waals surface area contributed by atoms with E-state index in [9.17, 15) is 20.4 Å². The third-order valence-corrected chi connectivity index (χ3v) is 5.54. The minimum absolute atomic E-state index is 0.156. The van der Waals surface area contributed by atoms with Crippen LogP contribution in [0.1, 0.15) is 26.7 Å². The normalized spacial score (nSPS) is 53.0. The average molecular weight is 330 g/mol. The first-order valence-electron chi connectivity index (χ1n) is 8.18. The van der Waals surface area contributed by atoms with Gasteiger partial charge in [-0.05, 0) is 37.7 Å². The van der Waals surface area contributed by atoms with E-state index < -0.39 is 43.1 Å². The van der Waals surface area contributed by atoms with Crippen LogP contribution in [-0.2, 0) is 14.2 Å². The molecule has 0 bridgehead atoms. The van der Waals surface area contributed by atoms with Gasteiger partial charge in [0.15, 0.2) is 6.29 Å². The second-order valence-corrected chi connectivity index (χ2v) is 7.10. The first-order valence-corrected chi connectivity index (χ1v) is 8.18. The second kappa shape index (κ2) is 6.31. The van der Waals surface area contributed by atoms with Crippen LogP contribution < -0.4 is 0 Å². The van der Waals surface area contributed by atoms with Crippen molar-refractivity contribution in [3.05, 3.63) is 12.3 Å². The zero-order valence-corrected chi connectivity index (χ0v) is 13.4. The van der Waals surface area contributed by atoms with Crippen molar-refractivity contribution in [1.82, 2.24) is 0 Å². The van der Waals surface area contributed by atoms with Crippen molar-refractivity contribution in [3.63, 3.8) is 0 Å². The Bertz CT molecular complexity index is 448. The van der Waals surface area contributed by atoms with E-state index >= 15 is 0 Å². The van der Waals surface area contributed by atoms with Crippen LogP contribution in [0.3, 0.4) is 0 Å². The maximum absolute atomic E-state index is 10.2. The van der Waals surface area contributed by atoms with Gasteiger partial charge in [0.2, 0.25) is 6.29 Å². The van der Waals surface area contributed by atoms with E-state index in [1.807, 2.05) is 6.08 Å². The summed E-state index contributed by atoms with van der Waals surface area (Å²) in [6, 6.07) is 0. The van der Waals surface area contributed by atoms with Crippen LogP contribution in [-0.4, -0.2) is 63.5 Å². The summed E-state index contributed by atoms with van der Waals surface area (Å²) in [6.07, 6.45) is 0.0409. The van der Waals surface area contributed by atoms with E-state index in [-0.39, 0.29) is 5.92 Å². The van der Waals surface area contributed by atoms with Crippen LogP contribution in [0.15, 0.2) is 12.3 Å². The van der Waals surface area contributed by atoms with Crippen molar-refractivity contribution in [2.24, 2.45) is 17.8 Å². The molecule has 7 heteroatoms. The van der Waals surface area contributed by atoms with Crippen LogP contribution in [0.2, 0.25) is 0 Å². The monoisotopic (exact) mass is 330 g/mol. The Morgan fingerprint density at radius 2 is 2.00 bits per heavy atom. The fourth-order valence-corrected chi connectivity index (χ4v) is 3.93. The number of rotatable bonds is 3. The molecule has 1 aliphatic carbocycles. The van der Waals surface area contributed by atoms with Gasteiger partial charge in [-0.25, -0.2) is 0 Å². The number of hydrogen-bond acceptors (Lipinski definition) is 7. The molecule has 1 saturated carbocycles. The van der Waals surface area contributed by atoms with Crippen molar-refractivity contribution in [2.75, 3.05) is 6.61 Å². The Balaban J connectivity index is 1.73. The van der Waals surface area contributed by atoms with E-state index in [2.05, 4.69) is 6.92 Å². The van der Waals surface area contributed by atoms with Crippen LogP contribution in [0.5, 0.6) is 0 Å². The van der Waals surface area contributed by atoms with Gasteiger partial charge in [0.1, 0.15) is 23.9 Å². The Labute approximate surface area is 135 Å². The maximum Gasteiger partial charge on any atom is 0.205 e. The van der Waals surface area contributed by atoms with Crippen LogP contribution in [0.25, 0.3) is 0 Å². The Hall–Kier alpha value is -0.700. The van der Waals surface area contributed by atoms with E-state index in [1.54, 1.807) is 6.26 Å². The molecule has 0 aromatic carbocycles. The first-order chi connectivity index (χ1) is 10.9. The SMILES string of the molecule is C[C@@H]1CC[C@H]2C=COC(O[C@@H]3O[C@H](CO)[C@@](C)(O)[C@H](O)[C@H]3O)[C@H]12. The molecule has 9 atom stereocenters. The quantitative estimate of drug-likeness (QED) is 0.564. The summed E-state index contributed by atoms with van der Waals surface area (Å²) in [5.74, 6) is 0.937. The number of aliphatic hydroxyl groups excluding tert-OH is 3. The van der Waals surface area contributed by atoms with Gasteiger partial charge in [0.25, 0.3) is 0 Å². The molecule has 1 saturated heterocycles. The summed E-state index contributed by atoms with van der Waals surface area (Å²) in [5.41, 5.74) is -1.76. The van der Waals surface area contributed by atoms with Gasteiger partial charge in [-0.3, -0.25) is 0 Å². The van der Waals surface area contributed by atoms with Gasteiger partial charge in [-0.2, -0.15) is 0 Å². The fraction of sp³-hybridized carbons (Fsp3) is 0.875. The zero-order valence-electron chi connectivity index (χ0n) is 13.4. The molecule has 2 fully saturated rings. The molecule has 0 aromatic heterocycles. The number of fused-ring (bicyclic) bond motifs is 1. The smallest absolute Gasteiger partial charge is 0.205 e. The summed E-state index contributed by atoms with van der Waals surface area (Å²) in [5, 5.41) is 39.9. The van der Waals surface area contributed by atoms with E-state index in [1.165, 1.54) is 6.92 Å². The lowest BCUT2D eigenvalue weighted by Gasteiger charge is -2.47. The first kappa shape index (κ1) is 17.1. The average Bonchev–Trinajstić information content (AvgIpc) is 2.90. The predicted octanol–water partition coefficient (Wildman–Crippen LogP) is -0.275. The molecule has 23 heavy (non-hydrogen) atoms. The number of hydrogen-bond donors (Lipinski definition) is 4. The van der Waals surface area contributed by atoms with E-state index in [0.29, 0.717) is 11.8 Å². The standard InChI is InChI=1S/C16H26O7/c1-8-3-4-9-5-6-21-14(11(8)9)23-15-12(18)13(19)16(2,20)10(7-17)22-15/h5-6,8-15,17-20H,3-4,7H2,1-2H3/t8-,9+,10-,11-,12-,13-,14?,15+,16-/m1/s1. The molecule has 1 unspecified atom stereocenters. The number of ether oxygens (including phenoxy) is 3. The molecule has 132 valence electrons. The Morgan fingerprint density at radius 1 is 1.26 bits per heavy atom. The largest absolute Gasteiger partial charge is 0.472 e. The fourth-order valence-electron chi connectivity index (χ4n) is 3.93. The third kappa shape index (κ3) is 2.90. The second-order valence-electron chi connectivity index (χ2n) is 7.10. The zero-order chi connectivity index (χ0) is 16.8. The highest BCUT2D eigenvalue weighted by molar-refractivity contribution is 5.01. The van der Waals surface area contributed by atoms with Gasteiger partial charge in [0, 0.05) is 5.92 Å². The molecule has 7 nitrogen and oxygen atoms in total. The van der Waals surface area contributed by atoms with Crippen molar-refractivity contribution < 1.29 is 34.6 Å². The molecule has 3 rings (SSSR count). The van der Waals surface area contributed by atoms with Gasteiger partial charge in [-0.15, -0.1) is 0 Å². The molecule has 2 aliphatic heterocycles. The molecule has 4 N–H and O–H groups in total. The van der Waals surface area contributed by atoms with Crippen LogP contribution in [0, 0.1) is 17.8 Å². The Kier molecular flexibility index (Phi) is 4.70. The topological polar surface area (TPSA) is 109 Å². The lowest BCUT2D eigenvalue weighted by atomic mass is 9.86. The van der Waals surface area contributed by atoms with Crippen molar-refractivity contribution in [2.45, 2.75) is 63.2 Å². The van der Waals surface area contributed by atoms with Gasteiger partial charge in [-0.1, -0.05) is 6.92 Å². The van der Waals surface area contributed by atoms with E-state index in [4.69, 9.17) is 14.2 Å². The highest BCUT2D eigenvalue weighted by Crippen LogP contribution is 2.44. The van der Waals surface area contributed by atoms with Gasteiger partial charge >= 0.3 is 0 Å². The third-order valence-electron chi connectivity index (χ3n) is 5.54. The molecule has 2 heterocycles. The molecule has 0 radical (unpaired) electrons. The van der Waals surface area contributed by atoms with Crippen molar-refractivity contribution in [3.8, 4) is 0 Å². The van der Waals surface area contributed by atoms with Crippen molar-refractivity contribution >= 4 is 0 Å². The summed E-state index contributed by atoms with van der Waals surface area (Å²) in [6.45, 7) is 2.95. The molecule has 0 aromatic rings. The minimum atomic E-state index is -1.76. The van der Waals surface area contributed by atoms with Crippen LogP contribution in [0.4, 0.5) is 0 Å². The summed E-state index contributed by atoms with van der Waals surface area (Å²) >= 11 is 0.